The highest BCUT2D eigenvalue weighted by Crippen LogP contribution is 2.30. The van der Waals surface area contributed by atoms with Gasteiger partial charge in [0.15, 0.2) is 5.41 Å². The van der Waals surface area contributed by atoms with Gasteiger partial charge in [-0.1, -0.05) is 0 Å². The quantitative estimate of drug-likeness (QED) is 0.446. The van der Waals surface area contributed by atoms with Crippen molar-refractivity contribution in [2.24, 2.45) is 5.41 Å². The van der Waals surface area contributed by atoms with E-state index < -0.39 is 17.4 Å². The van der Waals surface area contributed by atoms with Gasteiger partial charge in [0, 0.05) is 12.8 Å². The molecular formula is C13H14O5. The molecule has 0 N–H and O–H groups in total. The molecule has 0 aliphatic heterocycles. The van der Waals surface area contributed by atoms with Crippen molar-refractivity contribution in [3.8, 4) is 12.3 Å². The molecule has 0 aliphatic carbocycles. The molecule has 5 heteroatoms. The standard InChI is InChI=1S/C13H14O5/c1-4-7-13(11(14)16-2,12(15)17-3)9-10-6-5-8-18-10/h1,5-6,8H,7,9H2,2-3H3. The summed E-state index contributed by atoms with van der Waals surface area (Å²) in [6.07, 6.45) is 6.57. The third kappa shape index (κ3) is 2.54. The molecule has 0 bridgehead atoms. The summed E-state index contributed by atoms with van der Waals surface area (Å²) in [7, 11) is 2.39. The Morgan fingerprint density at radius 1 is 1.39 bits per heavy atom. The van der Waals surface area contributed by atoms with Crippen LogP contribution in [0.1, 0.15) is 12.2 Å². The van der Waals surface area contributed by atoms with Crippen LogP contribution in [0.15, 0.2) is 22.8 Å². The number of esters is 2. The van der Waals surface area contributed by atoms with Crippen LogP contribution < -0.4 is 0 Å². The summed E-state index contributed by atoms with van der Waals surface area (Å²) in [4.78, 5) is 23.8. The molecule has 0 fully saturated rings. The molecular weight excluding hydrogens is 236 g/mol. The normalized spacial score (nSPS) is 10.5. The molecule has 0 aliphatic rings. The van der Waals surface area contributed by atoms with Crippen LogP contribution in [0.4, 0.5) is 0 Å². The monoisotopic (exact) mass is 250 g/mol. The van der Waals surface area contributed by atoms with Gasteiger partial charge in [0.05, 0.1) is 20.5 Å². The van der Waals surface area contributed by atoms with Gasteiger partial charge in [-0.05, 0) is 12.1 Å². The van der Waals surface area contributed by atoms with Crippen LogP contribution in [0.3, 0.4) is 0 Å². The topological polar surface area (TPSA) is 65.7 Å². The zero-order chi connectivity index (χ0) is 13.6. The first-order valence-corrected chi connectivity index (χ1v) is 5.23. The Labute approximate surface area is 105 Å². The highest BCUT2D eigenvalue weighted by Gasteiger charge is 2.48. The number of carbonyl (C=O) groups is 2. The lowest BCUT2D eigenvalue weighted by Crippen LogP contribution is -2.42. The second-order valence-electron chi connectivity index (χ2n) is 3.70. The van der Waals surface area contributed by atoms with Gasteiger partial charge in [0.1, 0.15) is 5.76 Å². The number of terminal acetylenes is 1. The molecule has 0 aromatic carbocycles. The maximum absolute atomic E-state index is 11.9. The van der Waals surface area contributed by atoms with Gasteiger partial charge in [-0.3, -0.25) is 9.59 Å². The smallest absolute Gasteiger partial charge is 0.324 e. The average molecular weight is 250 g/mol. The predicted octanol–water partition coefficient (Wildman–Crippen LogP) is 1.18. The Morgan fingerprint density at radius 2 is 2.00 bits per heavy atom. The van der Waals surface area contributed by atoms with Gasteiger partial charge in [-0.25, -0.2) is 0 Å². The molecule has 5 nitrogen and oxygen atoms in total. The third-order valence-electron chi connectivity index (χ3n) is 2.61. The maximum Gasteiger partial charge on any atom is 0.324 e. The highest BCUT2D eigenvalue weighted by molar-refractivity contribution is 6.00. The molecule has 0 atom stereocenters. The van der Waals surface area contributed by atoms with Crippen molar-refractivity contribution < 1.29 is 23.5 Å². The Bertz CT molecular complexity index is 436. The van der Waals surface area contributed by atoms with E-state index in [0.717, 1.165) is 0 Å². The van der Waals surface area contributed by atoms with Crippen LogP contribution in [-0.4, -0.2) is 26.2 Å². The lowest BCUT2D eigenvalue weighted by atomic mass is 9.80. The summed E-state index contributed by atoms with van der Waals surface area (Å²) in [6, 6.07) is 3.31. The van der Waals surface area contributed by atoms with Crippen molar-refractivity contribution in [3.05, 3.63) is 24.2 Å². The Hall–Kier alpha value is -2.22. The molecule has 0 amide bonds. The fourth-order valence-electron chi connectivity index (χ4n) is 1.71. The summed E-state index contributed by atoms with van der Waals surface area (Å²) < 4.78 is 14.5. The van der Waals surface area contributed by atoms with Gasteiger partial charge in [-0.15, -0.1) is 12.3 Å². The second kappa shape index (κ2) is 5.92. The molecule has 18 heavy (non-hydrogen) atoms. The highest BCUT2D eigenvalue weighted by atomic mass is 16.5. The van der Waals surface area contributed by atoms with Crippen molar-refractivity contribution in [2.75, 3.05) is 14.2 Å². The number of ether oxygens (including phenoxy) is 2. The first kappa shape index (κ1) is 13.8. The number of carbonyl (C=O) groups excluding carboxylic acids is 2. The van der Waals surface area contributed by atoms with Crippen LogP contribution in [-0.2, 0) is 25.5 Å². The van der Waals surface area contributed by atoms with Crippen LogP contribution in [0.25, 0.3) is 0 Å². The predicted molar refractivity (Wildman–Crippen MR) is 62.3 cm³/mol. The largest absolute Gasteiger partial charge is 0.469 e. The summed E-state index contributed by atoms with van der Waals surface area (Å²) in [5, 5.41) is 0. The zero-order valence-electron chi connectivity index (χ0n) is 10.3. The Balaban J connectivity index is 3.16. The summed E-state index contributed by atoms with van der Waals surface area (Å²) in [6.45, 7) is 0. The van der Waals surface area contributed by atoms with Crippen LogP contribution in [0.5, 0.6) is 0 Å². The minimum Gasteiger partial charge on any atom is -0.469 e. The van der Waals surface area contributed by atoms with Gasteiger partial charge in [-0.2, -0.15) is 0 Å². The van der Waals surface area contributed by atoms with E-state index in [1.165, 1.54) is 20.5 Å². The van der Waals surface area contributed by atoms with E-state index >= 15 is 0 Å². The minimum atomic E-state index is -1.56. The molecule has 1 aromatic rings. The van der Waals surface area contributed by atoms with E-state index in [1.54, 1.807) is 12.1 Å². The molecule has 0 spiro atoms. The van der Waals surface area contributed by atoms with Crippen molar-refractivity contribution in [2.45, 2.75) is 12.8 Å². The molecule has 1 heterocycles. The molecule has 0 radical (unpaired) electrons. The number of hydrogen-bond donors (Lipinski definition) is 0. The number of methoxy groups -OCH3 is 2. The SMILES string of the molecule is C#CCC(Cc1ccco1)(C(=O)OC)C(=O)OC. The third-order valence-corrected chi connectivity index (χ3v) is 2.61. The van der Waals surface area contributed by atoms with E-state index in [-0.39, 0.29) is 12.8 Å². The lowest BCUT2D eigenvalue weighted by molar-refractivity contribution is -0.169. The van der Waals surface area contributed by atoms with Gasteiger partial charge in [0.2, 0.25) is 0 Å². The number of hydrogen-bond acceptors (Lipinski definition) is 5. The van der Waals surface area contributed by atoms with Gasteiger partial charge >= 0.3 is 11.9 Å². The van der Waals surface area contributed by atoms with E-state index in [2.05, 4.69) is 15.4 Å². The van der Waals surface area contributed by atoms with Gasteiger partial charge in [0.25, 0.3) is 0 Å². The molecule has 1 rings (SSSR count). The second-order valence-corrected chi connectivity index (χ2v) is 3.70. The van der Waals surface area contributed by atoms with Crippen LogP contribution in [0, 0.1) is 17.8 Å². The molecule has 0 saturated heterocycles. The average Bonchev–Trinajstić information content (AvgIpc) is 2.88. The van der Waals surface area contributed by atoms with Crippen LogP contribution in [0.2, 0.25) is 0 Å². The molecule has 1 aromatic heterocycles. The van der Waals surface area contributed by atoms with E-state index in [0.29, 0.717) is 5.76 Å². The molecule has 96 valence electrons. The van der Waals surface area contributed by atoms with Crippen molar-refractivity contribution in [1.82, 2.24) is 0 Å². The van der Waals surface area contributed by atoms with E-state index in [1.807, 2.05) is 0 Å². The fraction of sp³-hybridized carbons (Fsp3) is 0.385. The fourth-order valence-corrected chi connectivity index (χ4v) is 1.71. The maximum atomic E-state index is 11.9. The van der Waals surface area contributed by atoms with Crippen molar-refractivity contribution in [1.29, 1.82) is 0 Å². The van der Waals surface area contributed by atoms with Gasteiger partial charge < -0.3 is 13.9 Å². The lowest BCUT2D eigenvalue weighted by Gasteiger charge is -2.25. The Morgan fingerprint density at radius 3 is 2.39 bits per heavy atom. The Kier molecular flexibility index (Phi) is 4.55. The summed E-state index contributed by atoms with van der Waals surface area (Å²) in [5.74, 6) is 1.30. The first-order chi connectivity index (χ1) is 8.60. The van der Waals surface area contributed by atoms with Crippen molar-refractivity contribution >= 4 is 11.9 Å². The number of furan rings is 1. The van der Waals surface area contributed by atoms with E-state index in [4.69, 9.17) is 10.8 Å². The summed E-state index contributed by atoms with van der Waals surface area (Å²) >= 11 is 0. The van der Waals surface area contributed by atoms with Crippen LogP contribution >= 0.6 is 0 Å². The molecule has 0 unspecified atom stereocenters. The van der Waals surface area contributed by atoms with Crippen molar-refractivity contribution in [3.63, 3.8) is 0 Å². The molecule has 0 saturated carbocycles. The zero-order valence-corrected chi connectivity index (χ0v) is 10.3. The van der Waals surface area contributed by atoms with E-state index in [9.17, 15) is 9.59 Å². The summed E-state index contributed by atoms with van der Waals surface area (Å²) in [5.41, 5.74) is -1.56. The minimum absolute atomic E-state index is 0.00352. The number of rotatable bonds is 5. The first-order valence-electron chi connectivity index (χ1n) is 5.23.